The topological polar surface area (TPSA) is 9.23 Å². The monoisotopic (exact) mass is 280 g/mol. The number of fused-ring (bicyclic) bond motifs is 3. The predicted molar refractivity (Wildman–Crippen MR) is 87.0 cm³/mol. The van der Waals surface area contributed by atoms with Gasteiger partial charge in [0.25, 0.3) is 0 Å². The lowest BCUT2D eigenvalue weighted by Gasteiger charge is -2.25. The number of hydrogen-bond acceptors (Lipinski definition) is 1. The van der Waals surface area contributed by atoms with Crippen molar-refractivity contribution in [2.45, 2.75) is 51.7 Å². The highest BCUT2D eigenvalue weighted by Crippen LogP contribution is 2.46. The number of ether oxygens (including phenoxy) is 1. The lowest BCUT2D eigenvalue weighted by molar-refractivity contribution is 0.00951. The molecule has 1 aromatic rings. The average Bonchev–Trinajstić information content (AvgIpc) is 2.87. The number of rotatable bonds is 1. The molecule has 2 aliphatic carbocycles. The summed E-state index contributed by atoms with van der Waals surface area (Å²) in [4.78, 5) is 0. The molecule has 1 heteroatoms. The summed E-state index contributed by atoms with van der Waals surface area (Å²) in [7, 11) is 0. The summed E-state index contributed by atoms with van der Waals surface area (Å²) in [6.45, 7) is 4.52. The molecule has 0 amide bonds. The second kappa shape index (κ2) is 5.14. The SMILES string of the molecule is Cc1cccc(C2=CC3C4=CCCC(C)C4OC3CC2)c1. The van der Waals surface area contributed by atoms with Gasteiger partial charge in [-0.1, -0.05) is 48.9 Å². The van der Waals surface area contributed by atoms with Gasteiger partial charge in [-0.3, -0.25) is 0 Å². The van der Waals surface area contributed by atoms with Crippen LogP contribution in [-0.2, 0) is 4.74 Å². The van der Waals surface area contributed by atoms with Gasteiger partial charge in [0.1, 0.15) is 0 Å². The normalized spacial score (nSPS) is 34.8. The molecule has 0 spiro atoms. The van der Waals surface area contributed by atoms with Crippen LogP contribution in [-0.4, -0.2) is 12.2 Å². The van der Waals surface area contributed by atoms with Crippen LogP contribution in [0, 0.1) is 18.8 Å². The van der Waals surface area contributed by atoms with Gasteiger partial charge in [-0.05, 0) is 55.2 Å². The largest absolute Gasteiger partial charge is 0.369 e. The van der Waals surface area contributed by atoms with Crippen LogP contribution in [0.3, 0.4) is 0 Å². The van der Waals surface area contributed by atoms with Gasteiger partial charge in [0.2, 0.25) is 0 Å². The van der Waals surface area contributed by atoms with Crippen molar-refractivity contribution in [3.63, 3.8) is 0 Å². The first kappa shape index (κ1) is 13.3. The van der Waals surface area contributed by atoms with Crippen molar-refractivity contribution in [2.75, 3.05) is 0 Å². The second-order valence-corrected chi connectivity index (χ2v) is 6.98. The van der Waals surface area contributed by atoms with Crippen LogP contribution in [0.2, 0.25) is 0 Å². The van der Waals surface area contributed by atoms with Gasteiger partial charge >= 0.3 is 0 Å². The number of benzene rings is 1. The molecule has 0 aromatic heterocycles. The average molecular weight is 280 g/mol. The molecule has 110 valence electrons. The van der Waals surface area contributed by atoms with E-state index < -0.39 is 0 Å². The maximum atomic E-state index is 6.38. The maximum Gasteiger partial charge on any atom is 0.0821 e. The summed E-state index contributed by atoms with van der Waals surface area (Å²) < 4.78 is 6.38. The minimum absolute atomic E-state index is 0.391. The van der Waals surface area contributed by atoms with E-state index in [0.717, 1.165) is 6.42 Å². The van der Waals surface area contributed by atoms with Crippen LogP contribution in [0.15, 0.2) is 42.0 Å². The third-order valence-corrected chi connectivity index (χ3v) is 5.42. The van der Waals surface area contributed by atoms with Crippen molar-refractivity contribution in [1.82, 2.24) is 0 Å². The molecule has 4 atom stereocenters. The Labute approximate surface area is 127 Å². The standard InChI is InChI=1S/C20H24O/c1-13-5-3-7-15(11-13)16-9-10-19-18(12-16)17-8-4-6-14(2)20(17)21-19/h3,5,7-8,11-12,14,18-20H,4,6,9-10H2,1-2H3. The van der Waals surface area contributed by atoms with Crippen LogP contribution in [0.25, 0.3) is 5.57 Å². The summed E-state index contributed by atoms with van der Waals surface area (Å²) >= 11 is 0. The highest BCUT2D eigenvalue weighted by molar-refractivity contribution is 5.68. The molecule has 1 fully saturated rings. The Balaban J connectivity index is 1.68. The van der Waals surface area contributed by atoms with Crippen molar-refractivity contribution in [3.05, 3.63) is 53.1 Å². The first-order chi connectivity index (χ1) is 10.2. The van der Waals surface area contributed by atoms with Gasteiger partial charge in [0.15, 0.2) is 0 Å². The Bertz CT molecular complexity index is 610. The van der Waals surface area contributed by atoms with E-state index in [4.69, 9.17) is 4.74 Å². The van der Waals surface area contributed by atoms with E-state index in [1.54, 1.807) is 5.57 Å². The van der Waals surface area contributed by atoms with Crippen LogP contribution < -0.4 is 0 Å². The first-order valence-corrected chi connectivity index (χ1v) is 8.35. The Morgan fingerprint density at radius 3 is 2.95 bits per heavy atom. The first-order valence-electron chi connectivity index (χ1n) is 8.35. The van der Waals surface area contributed by atoms with Crippen molar-refractivity contribution < 1.29 is 4.74 Å². The predicted octanol–water partition coefficient (Wildman–Crippen LogP) is 4.91. The van der Waals surface area contributed by atoms with Crippen molar-refractivity contribution in [1.29, 1.82) is 0 Å². The van der Waals surface area contributed by atoms with E-state index >= 15 is 0 Å². The lowest BCUT2D eigenvalue weighted by Crippen LogP contribution is -2.22. The van der Waals surface area contributed by atoms with Crippen molar-refractivity contribution in [3.8, 4) is 0 Å². The summed E-state index contributed by atoms with van der Waals surface area (Å²) in [5.74, 6) is 1.22. The van der Waals surface area contributed by atoms with Crippen LogP contribution in [0.5, 0.6) is 0 Å². The third kappa shape index (κ3) is 2.28. The zero-order chi connectivity index (χ0) is 14.4. The molecule has 1 saturated heterocycles. The Hall–Kier alpha value is -1.34. The van der Waals surface area contributed by atoms with Gasteiger partial charge < -0.3 is 4.74 Å². The van der Waals surface area contributed by atoms with E-state index in [1.165, 1.54) is 36.0 Å². The third-order valence-electron chi connectivity index (χ3n) is 5.42. The van der Waals surface area contributed by atoms with Gasteiger partial charge in [-0.25, -0.2) is 0 Å². The molecule has 21 heavy (non-hydrogen) atoms. The highest BCUT2D eigenvalue weighted by atomic mass is 16.5. The smallest absolute Gasteiger partial charge is 0.0821 e. The molecule has 4 rings (SSSR count). The molecule has 1 aromatic carbocycles. The van der Waals surface area contributed by atoms with E-state index in [1.807, 2.05) is 0 Å². The fourth-order valence-electron chi connectivity index (χ4n) is 4.27. The Kier molecular flexibility index (Phi) is 3.26. The minimum atomic E-state index is 0.391. The molecular weight excluding hydrogens is 256 g/mol. The summed E-state index contributed by atoms with van der Waals surface area (Å²) in [6.07, 6.45) is 10.6. The lowest BCUT2D eigenvalue weighted by atomic mass is 9.77. The molecule has 1 aliphatic heterocycles. The van der Waals surface area contributed by atoms with Gasteiger partial charge in [-0.2, -0.15) is 0 Å². The number of aryl methyl sites for hydroxylation is 1. The zero-order valence-corrected chi connectivity index (χ0v) is 13.0. The molecule has 0 radical (unpaired) electrons. The second-order valence-electron chi connectivity index (χ2n) is 6.98. The minimum Gasteiger partial charge on any atom is -0.369 e. The zero-order valence-electron chi connectivity index (χ0n) is 13.0. The number of hydrogen-bond donors (Lipinski definition) is 0. The Morgan fingerprint density at radius 2 is 2.10 bits per heavy atom. The number of allylic oxidation sites excluding steroid dienone is 2. The van der Waals surface area contributed by atoms with E-state index in [2.05, 4.69) is 50.3 Å². The summed E-state index contributed by atoms with van der Waals surface area (Å²) in [5.41, 5.74) is 5.84. The van der Waals surface area contributed by atoms with E-state index in [-0.39, 0.29) is 0 Å². The molecule has 1 heterocycles. The van der Waals surface area contributed by atoms with Gasteiger partial charge in [-0.15, -0.1) is 0 Å². The Morgan fingerprint density at radius 1 is 1.19 bits per heavy atom. The quantitative estimate of drug-likeness (QED) is 0.664. The molecule has 0 saturated carbocycles. The van der Waals surface area contributed by atoms with Crippen LogP contribution in [0.1, 0.15) is 43.7 Å². The fraction of sp³-hybridized carbons (Fsp3) is 0.500. The van der Waals surface area contributed by atoms with Gasteiger partial charge in [0.05, 0.1) is 12.2 Å². The van der Waals surface area contributed by atoms with Crippen molar-refractivity contribution in [2.24, 2.45) is 11.8 Å². The molecule has 1 nitrogen and oxygen atoms in total. The molecule has 0 bridgehead atoms. The van der Waals surface area contributed by atoms with E-state index in [9.17, 15) is 0 Å². The van der Waals surface area contributed by atoms with Crippen molar-refractivity contribution >= 4 is 5.57 Å². The van der Waals surface area contributed by atoms with E-state index in [0.29, 0.717) is 24.0 Å². The summed E-state index contributed by atoms with van der Waals surface area (Å²) in [5, 5.41) is 0. The van der Waals surface area contributed by atoms with Crippen LogP contribution >= 0.6 is 0 Å². The summed E-state index contributed by atoms with van der Waals surface area (Å²) in [6, 6.07) is 8.92. The van der Waals surface area contributed by atoms with Crippen LogP contribution in [0.4, 0.5) is 0 Å². The molecular formula is C20H24O. The van der Waals surface area contributed by atoms with Gasteiger partial charge in [0, 0.05) is 5.92 Å². The fourth-order valence-corrected chi connectivity index (χ4v) is 4.27. The molecule has 4 unspecified atom stereocenters. The maximum absolute atomic E-state index is 6.38. The molecule has 3 aliphatic rings. The molecule has 0 N–H and O–H groups in total. The highest BCUT2D eigenvalue weighted by Gasteiger charge is 2.43.